The van der Waals surface area contributed by atoms with E-state index in [0.717, 1.165) is 24.4 Å². The molecule has 0 saturated carbocycles. The van der Waals surface area contributed by atoms with E-state index < -0.39 is 10.0 Å². The minimum absolute atomic E-state index is 0.227. The predicted octanol–water partition coefficient (Wildman–Crippen LogP) is 1.64. The van der Waals surface area contributed by atoms with Crippen molar-refractivity contribution in [3.63, 3.8) is 0 Å². The summed E-state index contributed by atoms with van der Waals surface area (Å²) in [4.78, 5) is 6.60. The molecule has 1 aliphatic rings. The van der Waals surface area contributed by atoms with Crippen LogP contribution in [0.15, 0.2) is 47.5 Å². The molecule has 7 nitrogen and oxygen atoms in total. The maximum absolute atomic E-state index is 12.7. The Balaban J connectivity index is 1.66. The standard InChI is InChI=1S/C18H24N4O3S/c1-21-9-11-22(12-10-21)26(23,24)16-7-8-18(20-14-16)19-13-15-5-3-4-6-17(15)25-2/h3-8,14H,9-13H2,1-2H3,(H,19,20). The summed E-state index contributed by atoms with van der Waals surface area (Å²) in [6, 6.07) is 11.0. The van der Waals surface area contributed by atoms with Crippen LogP contribution in [-0.2, 0) is 16.6 Å². The van der Waals surface area contributed by atoms with Crippen molar-refractivity contribution < 1.29 is 13.2 Å². The van der Waals surface area contributed by atoms with Gasteiger partial charge in [-0.3, -0.25) is 0 Å². The van der Waals surface area contributed by atoms with Crippen molar-refractivity contribution in [3.05, 3.63) is 48.2 Å². The highest BCUT2D eigenvalue weighted by Crippen LogP contribution is 2.20. The highest BCUT2D eigenvalue weighted by atomic mass is 32.2. The first-order valence-electron chi connectivity index (χ1n) is 8.51. The van der Waals surface area contributed by atoms with Gasteiger partial charge >= 0.3 is 0 Å². The lowest BCUT2D eigenvalue weighted by Gasteiger charge is -2.31. The Labute approximate surface area is 154 Å². The van der Waals surface area contributed by atoms with Crippen molar-refractivity contribution in [2.24, 2.45) is 0 Å². The van der Waals surface area contributed by atoms with E-state index in [4.69, 9.17) is 4.74 Å². The van der Waals surface area contributed by atoms with Gasteiger partial charge in [0.1, 0.15) is 16.5 Å². The topological polar surface area (TPSA) is 74.8 Å². The third kappa shape index (κ3) is 4.14. The van der Waals surface area contributed by atoms with Crippen LogP contribution in [0.3, 0.4) is 0 Å². The predicted molar refractivity (Wildman–Crippen MR) is 101 cm³/mol. The first-order chi connectivity index (χ1) is 12.5. The zero-order chi connectivity index (χ0) is 18.6. The number of para-hydroxylation sites is 1. The van der Waals surface area contributed by atoms with Gasteiger partial charge < -0.3 is 15.0 Å². The molecular formula is C18H24N4O3S. The quantitative estimate of drug-likeness (QED) is 0.826. The van der Waals surface area contributed by atoms with E-state index in [1.807, 2.05) is 31.3 Å². The van der Waals surface area contributed by atoms with E-state index in [0.29, 0.717) is 25.5 Å². The fraction of sp³-hybridized carbons (Fsp3) is 0.389. The van der Waals surface area contributed by atoms with Crippen molar-refractivity contribution in [1.29, 1.82) is 0 Å². The monoisotopic (exact) mass is 376 g/mol. The van der Waals surface area contributed by atoms with Crippen molar-refractivity contribution in [2.75, 3.05) is 45.7 Å². The Bertz CT molecular complexity index is 832. The van der Waals surface area contributed by atoms with E-state index in [2.05, 4.69) is 15.2 Å². The number of sulfonamides is 1. The summed E-state index contributed by atoms with van der Waals surface area (Å²) in [5, 5.41) is 3.19. The number of benzene rings is 1. The second-order valence-corrected chi connectivity index (χ2v) is 8.19. The molecule has 8 heteroatoms. The molecule has 1 N–H and O–H groups in total. The molecule has 0 aliphatic carbocycles. The fourth-order valence-electron chi connectivity index (χ4n) is 2.85. The molecule has 0 spiro atoms. The molecule has 0 bridgehead atoms. The van der Waals surface area contributed by atoms with Crippen molar-refractivity contribution in [1.82, 2.24) is 14.2 Å². The molecule has 1 fully saturated rings. The van der Waals surface area contributed by atoms with Gasteiger partial charge in [0.15, 0.2) is 0 Å². The number of hydrogen-bond donors (Lipinski definition) is 1. The molecule has 3 rings (SSSR count). The molecular weight excluding hydrogens is 352 g/mol. The summed E-state index contributed by atoms with van der Waals surface area (Å²) in [5.41, 5.74) is 1.01. The summed E-state index contributed by atoms with van der Waals surface area (Å²) in [6.07, 6.45) is 1.41. The van der Waals surface area contributed by atoms with Gasteiger partial charge in [-0.25, -0.2) is 13.4 Å². The smallest absolute Gasteiger partial charge is 0.244 e. The zero-order valence-corrected chi connectivity index (χ0v) is 15.9. The first kappa shape index (κ1) is 18.6. The fourth-order valence-corrected chi connectivity index (χ4v) is 4.22. The summed E-state index contributed by atoms with van der Waals surface area (Å²) >= 11 is 0. The molecule has 0 unspecified atom stereocenters. The van der Waals surface area contributed by atoms with E-state index in [9.17, 15) is 8.42 Å². The number of likely N-dealkylation sites (N-methyl/N-ethyl adjacent to an activating group) is 1. The average Bonchev–Trinajstić information content (AvgIpc) is 2.67. The van der Waals surface area contributed by atoms with Crippen LogP contribution in [0.25, 0.3) is 0 Å². The molecule has 1 aliphatic heterocycles. The third-order valence-electron chi connectivity index (χ3n) is 4.49. The highest BCUT2D eigenvalue weighted by Gasteiger charge is 2.27. The van der Waals surface area contributed by atoms with Gasteiger partial charge in [-0.2, -0.15) is 4.31 Å². The molecule has 2 aromatic rings. The maximum atomic E-state index is 12.7. The molecule has 0 radical (unpaired) electrons. The van der Waals surface area contributed by atoms with Crippen LogP contribution in [0, 0.1) is 0 Å². The molecule has 2 heterocycles. The normalized spacial score (nSPS) is 16.4. The lowest BCUT2D eigenvalue weighted by Crippen LogP contribution is -2.47. The first-order valence-corrected chi connectivity index (χ1v) is 9.95. The lowest BCUT2D eigenvalue weighted by atomic mass is 10.2. The van der Waals surface area contributed by atoms with Crippen LogP contribution >= 0.6 is 0 Å². The van der Waals surface area contributed by atoms with E-state index in [1.54, 1.807) is 19.2 Å². The Morgan fingerprint density at radius 1 is 1.12 bits per heavy atom. The second-order valence-electron chi connectivity index (χ2n) is 6.25. The summed E-state index contributed by atoms with van der Waals surface area (Å²) in [7, 11) is 0.144. The third-order valence-corrected chi connectivity index (χ3v) is 6.37. The number of aromatic nitrogens is 1. The minimum atomic E-state index is -3.48. The maximum Gasteiger partial charge on any atom is 0.244 e. The largest absolute Gasteiger partial charge is 0.496 e. The molecule has 0 amide bonds. The van der Waals surface area contributed by atoms with Gasteiger partial charge in [-0.1, -0.05) is 18.2 Å². The number of piperazine rings is 1. The number of nitrogens with zero attached hydrogens (tertiary/aromatic N) is 3. The molecule has 1 saturated heterocycles. The van der Waals surface area contributed by atoms with Gasteiger partial charge in [0.2, 0.25) is 10.0 Å². The second kappa shape index (κ2) is 8.03. The Morgan fingerprint density at radius 3 is 2.50 bits per heavy atom. The number of ether oxygens (including phenoxy) is 1. The number of hydrogen-bond acceptors (Lipinski definition) is 6. The van der Waals surface area contributed by atoms with Crippen LogP contribution in [0.4, 0.5) is 5.82 Å². The summed E-state index contributed by atoms with van der Waals surface area (Å²) in [5.74, 6) is 1.42. The number of pyridine rings is 1. The lowest BCUT2D eigenvalue weighted by molar-refractivity contribution is 0.222. The van der Waals surface area contributed by atoms with Crippen LogP contribution in [-0.4, -0.2) is 62.9 Å². The average molecular weight is 376 g/mol. The van der Waals surface area contributed by atoms with Crippen molar-refractivity contribution in [3.8, 4) is 5.75 Å². The van der Waals surface area contributed by atoms with E-state index >= 15 is 0 Å². The van der Waals surface area contributed by atoms with Gasteiger partial charge in [0, 0.05) is 44.5 Å². The van der Waals surface area contributed by atoms with Gasteiger partial charge in [0.25, 0.3) is 0 Å². The molecule has 1 aromatic carbocycles. The molecule has 140 valence electrons. The number of nitrogens with one attached hydrogen (secondary N) is 1. The van der Waals surface area contributed by atoms with Crippen molar-refractivity contribution in [2.45, 2.75) is 11.4 Å². The van der Waals surface area contributed by atoms with Crippen molar-refractivity contribution >= 4 is 15.8 Å². The summed E-state index contributed by atoms with van der Waals surface area (Å²) in [6.45, 7) is 3.04. The van der Waals surface area contributed by atoms with Gasteiger partial charge in [0.05, 0.1) is 7.11 Å². The van der Waals surface area contributed by atoms with E-state index in [-0.39, 0.29) is 4.90 Å². The summed E-state index contributed by atoms with van der Waals surface area (Å²) < 4.78 is 32.2. The Hall–Kier alpha value is -2.16. The SMILES string of the molecule is COc1ccccc1CNc1ccc(S(=O)(=O)N2CCN(C)CC2)cn1. The minimum Gasteiger partial charge on any atom is -0.496 e. The van der Waals surface area contributed by atoms with Gasteiger partial charge in [-0.15, -0.1) is 0 Å². The number of methoxy groups -OCH3 is 1. The van der Waals surface area contributed by atoms with Crippen LogP contribution in [0.2, 0.25) is 0 Å². The molecule has 1 aromatic heterocycles. The van der Waals surface area contributed by atoms with Gasteiger partial charge in [-0.05, 0) is 25.2 Å². The number of rotatable bonds is 6. The van der Waals surface area contributed by atoms with Crippen LogP contribution in [0.1, 0.15) is 5.56 Å². The van der Waals surface area contributed by atoms with Crippen LogP contribution < -0.4 is 10.1 Å². The van der Waals surface area contributed by atoms with Crippen LogP contribution in [0.5, 0.6) is 5.75 Å². The Morgan fingerprint density at radius 2 is 1.85 bits per heavy atom. The highest BCUT2D eigenvalue weighted by molar-refractivity contribution is 7.89. The Kier molecular flexibility index (Phi) is 5.75. The zero-order valence-electron chi connectivity index (χ0n) is 15.1. The molecule has 0 atom stereocenters. The number of anilines is 1. The molecule has 26 heavy (non-hydrogen) atoms. The van der Waals surface area contributed by atoms with E-state index in [1.165, 1.54) is 10.5 Å².